The average Bonchev–Trinajstić information content (AvgIpc) is 1.25. The van der Waals surface area contributed by atoms with Gasteiger partial charge in [-0.25, -0.2) is 0 Å². The minimum absolute atomic E-state index is 0. The molecule has 6 heteroatoms. The molecule has 0 aromatic rings. The molecule has 0 atom stereocenters. The third-order valence-electron chi connectivity index (χ3n) is 0. The molecule has 0 unspecified atom stereocenters. The molecular weight excluding hydrogens is 282 g/mol. The molecule has 0 aliphatic rings. The number of hydrogen-bond acceptors (Lipinski definition) is 2. The molecule has 4 nitrogen and oxygen atoms in total. The summed E-state index contributed by atoms with van der Waals surface area (Å²) in [6.07, 6.45) is 0. The molecule has 0 rings (SSSR count). The maximum Gasteiger partial charge on any atom is 0.300 e. The van der Waals surface area contributed by atoms with Gasteiger partial charge in [-0.05, 0) is 0 Å². The molecule has 0 saturated heterocycles. The van der Waals surface area contributed by atoms with Crippen LogP contribution in [0.25, 0.3) is 0 Å². The monoisotopic (exact) mass is 288 g/mol. The average molecular weight is 289 g/mol. The molecule has 0 aromatic heterocycles. The molecule has 0 amide bonds. The molecule has 1 radical (unpaired) electrons. The summed E-state index contributed by atoms with van der Waals surface area (Å²) < 4.78 is 0. The van der Waals surface area contributed by atoms with Gasteiger partial charge < -0.3 is 10.2 Å². The number of carboxylic acid groups (broad SMARTS) is 2. The fourth-order valence-corrected chi connectivity index (χ4v) is 0. The quantitative estimate of drug-likeness (QED) is 0.486. The Kier molecular flexibility index (Phi) is 36.0. The second-order valence-corrected chi connectivity index (χ2v) is 0.913. The van der Waals surface area contributed by atoms with Crippen molar-refractivity contribution in [3.05, 3.63) is 6.92 Å². The smallest absolute Gasteiger partial charge is 0.300 e. The Hall–Kier alpha value is -0.00818. The second-order valence-electron chi connectivity index (χ2n) is 0.913. The topological polar surface area (TPSA) is 74.6 Å². The fraction of sp³-hybridized carbons (Fsp3) is 0.250. The molecule has 0 heterocycles. The van der Waals surface area contributed by atoms with E-state index in [0.717, 1.165) is 6.92 Å². The first-order valence-corrected chi connectivity index (χ1v) is 1.71. The molecule has 0 spiro atoms. The first-order chi connectivity index (χ1) is 3.46. The van der Waals surface area contributed by atoms with Crippen molar-refractivity contribution in [2.45, 2.75) is 6.92 Å². The van der Waals surface area contributed by atoms with Crippen molar-refractivity contribution < 1.29 is 57.3 Å². The molecule has 0 fully saturated rings. The van der Waals surface area contributed by atoms with E-state index < -0.39 is 11.9 Å². The van der Waals surface area contributed by atoms with E-state index in [4.69, 9.17) is 19.8 Å². The summed E-state index contributed by atoms with van der Waals surface area (Å²) >= 11 is 0. The van der Waals surface area contributed by atoms with Crippen molar-refractivity contribution in [2.75, 3.05) is 0 Å². The zero-order valence-corrected chi connectivity index (χ0v) is 7.53. The van der Waals surface area contributed by atoms with Crippen molar-refractivity contribution in [1.82, 2.24) is 0 Å². The molecule has 0 aromatic carbocycles. The third kappa shape index (κ3) is 5840000. The summed E-state index contributed by atoms with van der Waals surface area (Å²) in [7, 11) is 0. The first kappa shape index (κ1) is 22.5. The Balaban J connectivity index is -0.0000000300. The summed E-state index contributed by atoms with van der Waals surface area (Å²) in [5.74, 6) is -1.92. The molecule has 0 saturated carbocycles. The van der Waals surface area contributed by atoms with Crippen LogP contribution in [0, 0.1) is 6.92 Å². The van der Waals surface area contributed by atoms with E-state index in [-0.39, 0.29) is 37.5 Å². The van der Waals surface area contributed by atoms with Gasteiger partial charge in [0.15, 0.2) is 5.97 Å². The Morgan fingerprint density at radius 1 is 1.30 bits per heavy atom. The van der Waals surface area contributed by atoms with Crippen LogP contribution in [-0.4, -0.2) is 22.2 Å². The van der Waals surface area contributed by atoms with E-state index in [0.29, 0.717) is 0 Å². The number of rotatable bonds is 0. The summed E-state index contributed by atoms with van der Waals surface area (Å²) in [4.78, 5) is 17.9. The van der Waals surface area contributed by atoms with E-state index in [1.807, 2.05) is 0 Å². The van der Waals surface area contributed by atoms with Gasteiger partial charge in [0.1, 0.15) is 0 Å². The number of hydrogen-bond donors (Lipinski definition) is 2. The van der Waals surface area contributed by atoms with Gasteiger partial charge in [0.05, 0.1) is 0 Å². The van der Waals surface area contributed by atoms with Crippen molar-refractivity contribution in [1.29, 1.82) is 0 Å². The molecule has 0 aliphatic carbocycles. The van der Waals surface area contributed by atoms with E-state index in [1.165, 1.54) is 0 Å². The predicted molar refractivity (Wildman–Crippen MR) is 26.3 cm³/mol. The minimum Gasteiger partial charge on any atom is -0.503 e. The van der Waals surface area contributed by atoms with Gasteiger partial charge in [-0.2, -0.15) is 0 Å². The van der Waals surface area contributed by atoms with Gasteiger partial charge in [0.25, 0.3) is 5.97 Å². The molecule has 10 heavy (non-hydrogen) atoms. The van der Waals surface area contributed by atoms with Crippen molar-refractivity contribution in [3.63, 3.8) is 0 Å². The molecule has 69 valence electrons. The maximum atomic E-state index is 9.00. The molecule has 0 aliphatic heterocycles. The van der Waals surface area contributed by atoms with Crippen LogP contribution >= 0.6 is 0 Å². The predicted octanol–water partition coefficient (Wildman–Crippen LogP) is -0.00901. The molecular formula is C4H7CuO4Pd-. The van der Waals surface area contributed by atoms with E-state index in [9.17, 15) is 0 Å². The normalized spacial score (nSPS) is 4.90. The van der Waals surface area contributed by atoms with Gasteiger partial charge >= 0.3 is 0 Å². The SMILES string of the molecule is CC(=O)O.[CH2-]C(=O)O.[Cu].[Pd]. The minimum atomic E-state index is -1.08. The largest absolute Gasteiger partial charge is 0.503 e. The van der Waals surface area contributed by atoms with Crippen molar-refractivity contribution >= 4 is 11.9 Å². The standard InChI is InChI=1S/C2H4O2.C2H3O2.Cu.Pd/c2*1-2(3)4;;/h1H3,(H,3,4);1H2,(H,3,4);;/q;-1;;. The van der Waals surface area contributed by atoms with Crippen LogP contribution in [0.3, 0.4) is 0 Å². The van der Waals surface area contributed by atoms with Crippen molar-refractivity contribution in [3.8, 4) is 0 Å². The summed E-state index contributed by atoms with van der Waals surface area (Å²) in [5.41, 5.74) is 0. The summed E-state index contributed by atoms with van der Waals surface area (Å²) in [5, 5.41) is 14.7. The third-order valence-corrected chi connectivity index (χ3v) is 0. The molecule has 2 N–H and O–H groups in total. The number of carbonyl (C=O) groups is 2. The van der Waals surface area contributed by atoms with Gasteiger partial charge in [-0.3, -0.25) is 16.5 Å². The second kappa shape index (κ2) is 16.0. The summed E-state index contributed by atoms with van der Waals surface area (Å²) in [6.45, 7) is 3.64. The van der Waals surface area contributed by atoms with Crippen LogP contribution in [0.2, 0.25) is 0 Å². The molecule has 0 bridgehead atoms. The Labute approximate surface area is 83.1 Å². The Morgan fingerprint density at radius 2 is 1.30 bits per heavy atom. The van der Waals surface area contributed by atoms with Crippen LogP contribution in [0.5, 0.6) is 0 Å². The number of carboxylic acids is 2. The van der Waals surface area contributed by atoms with E-state index in [1.54, 1.807) is 0 Å². The van der Waals surface area contributed by atoms with E-state index in [2.05, 4.69) is 6.92 Å². The fourth-order valence-electron chi connectivity index (χ4n) is 0. The zero-order chi connectivity index (χ0) is 7.15. The van der Waals surface area contributed by atoms with Gasteiger partial charge in [-0.1, -0.05) is 0 Å². The van der Waals surface area contributed by atoms with E-state index >= 15 is 0 Å². The Bertz CT molecular complexity index is 75.3. The summed E-state index contributed by atoms with van der Waals surface area (Å²) in [6, 6.07) is 0. The van der Waals surface area contributed by atoms with Crippen LogP contribution in [0.4, 0.5) is 0 Å². The van der Waals surface area contributed by atoms with Gasteiger partial charge in [0, 0.05) is 44.4 Å². The van der Waals surface area contributed by atoms with Crippen LogP contribution in [-0.2, 0) is 47.1 Å². The first-order valence-electron chi connectivity index (χ1n) is 1.71. The van der Waals surface area contributed by atoms with Crippen LogP contribution in [0.1, 0.15) is 6.92 Å². The van der Waals surface area contributed by atoms with Crippen molar-refractivity contribution in [2.24, 2.45) is 0 Å². The maximum absolute atomic E-state index is 9.00. The Morgan fingerprint density at radius 3 is 1.30 bits per heavy atom. The van der Waals surface area contributed by atoms with Gasteiger partial charge in [-0.15, -0.1) is 0 Å². The van der Waals surface area contributed by atoms with Gasteiger partial charge in [0.2, 0.25) is 0 Å². The van der Waals surface area contributed by atoms with Crippen LogP contribution in [0.15, 0.2) is 0 Å². The zero-order valence-electron chi connectivity index (χ0n) is 5.04. The van der Waals surface area contributed by atoms with Crippen LogP contribution < -0.4 is 0 Å². The number of aliphatic carboxylic acids is 2.